The second-order valence-corrected chi connectivity index (χ2v) is 7.38. The van der Waals surface area contributed by atoms with Crippen LogP contribution in [0.3, 0.4) is 0 Å². The van der Waals surface area contributed by atoms with Crippen LogP contribution in [-0.2, 0) is 6.54 Å². The molecule has 0 spiro atoms. The predicted molar refractivity (Wildman–Crippen MR) is 123 cm³/mol. The van der Waals surface area contributed by atoms with E-state index < -0.39 is 0 Å². The summed E-state index contributed by atoms with van der Waals surface area (Å²) in [5.41, 5.74) is 5.38. The molecule has 0 aliphatic heterocycles. The zero-order valence-corrected chi connectivity index (χ0v) is 18.0. The fourth-order valence-electron chi connectivity index (χ4n) is 3.36. The second kappa shape index (κ2) is 8.61. The minimum atomic E-state index is 0. The van der Waals surface area contributed by atoms with E-state index in [-0.39, 0.29) is 18.4 Å². The highest BCUT2D eigenvalue weighted by Crippen LogP contribution is 2.30. The summed E-state index contributed by atoms with van der Waals surface area (Å²) < 4.78 is 3.70. The minimum Gasteiger partial charge on any atom is -0.378 e. The number of pyridine rings is 1. The molecule has 4 aromatic heterocycles. The summed E-state index contributed by atoms with van der Waals surface area (Å²) in [5, 5.41) is 12.4. The number of imidazole rings is 1. The van der Waals surface area contributed by atoms with Crippen LogP contribution in [0, 0.1) is 0 Å². The van der Waals surface area contributed by atoms with E-state index in [9.17, 15) is 0 Å². The van der Waals surface area contributed by atoms with Gasteiger partial charge >= 0.3 is 0 Å². The summed E-state index contributed by atoms with van der Waals surface area (Å²) in [6.07, 6.45) is 5.49. The third-order valence-electron chi connectivity index (χ3n) is 4.93. The predicted octanol–water partition coefficient (Wildman–Crippen LogP) is 4.60. The van der Waals surface area contributed by atoms with Gasteiger partial charge in [-0.2, -0.15) is 10.2 Å². The number of benzene rings is 1. The Morgan fingerprint density at radius 1 is 1.06 bits per heavy atom. The van der Waals surface area contributed by atoms with E-state index in [4.69, 9.17) is 10.1 Å². The SMILES string of the molecule is CC(C)n1ccc(-c2nc(CNc3ccccc3)[nH]c2-c2ccc3ncnn3c2)n1.Cl. The monoisotopic (exact) mass is 434 g/mol. The average molecular weight is 435 g/mol. The van der Waals surface area contributed by atoms with Gasteiger partial charge in [0, 0.05) is 29.7 Å². The van der Waals surface area contributed by atoms with Gasteiger partial charge in [0.05, 0.1) is 12.2 Å². The Balaban J connectivity index is 0.00000231. The molecule has 0 saturated heterocycles. The standard InChI is InChI=1S/C22H22N8.ClH/c1-15(2)29-11-10-18(28-29)22-21(16-8-9-20-24-14-25-30(20)13-16)26-19(27-22)12-23-17-6-4-3-5-7-17;/h3-11,13-15,23H,12H2,1-2H3,(H,26,27);1H. The van der Waals surface area contributed by atoms with Gasteiger partial charge in [-0.3, -0.25) is 4.68 Å². The summed E-state index contributed by atoms with van der Waals surface area (Å²) >= 11 is 0. The molecule has 9 heteroatoms. The van der Waals surface area contributed by atoms with E-state index in [1.54, 1.807) is 10.8 Å². The van der Waals surface area contributed by atoms with Gasteiger partial charge in [-0.05, 0) is 44.2 Å². The van der Waals surface area contributed by atoms with Crippen molar-refractivity contribution in [3.63, 3.8) is 0 Å². The van der Waals surface area contributed by atoms with Crippen molar-refractivity contribution in [3.8, 4) is 22.6 Å². The summed E-state index contributed by atoms with van der Waals surface area (Å²) in [5.74, 6) is 0.835. The van der Waals surface area contributed by atoms with Gasteiger partial charge in [0.15, 0.2) is 5.65 Å². The maximum Gasteiger partial charge on any atom is 0.155 e. The van der Waals surface area contributed by atoms with Crippen LogP contribution in [0.25, 0.3) is 28.3 Å². The molecule has 5 rings (SSSR count). The van der Waals surface area contributed by atoms with Gasteiger partial charge in [0.25, 0.3) is 0 Å². The lowest BCUT2D eigenvalue weighted by Crippen LogP contribution is -2.01. The molecule has 0 radical (unpaired) electrons. The van der Waals surface area contributed by atoms with Crippen molar-refractivity contribution >= 4 is 23.7 Å². The molecule has 5 aromatic rings. The van der Waals surface area contributed by atoms with E-state index in [1.165, 1.54) is 0 Å². The number of aromatic amines is 1. The van der Waals surface area contributed by atoms with E-state index in [1.807, 2.05) is 65.6 Å². The van der Waals surface area contributed by atoms with Crippen molar-refractivity contribution in [2.45, 2.75) is 26.4 Å². The van der Waals surface area contributed by atoms with E-state index in [0.717, 1.165) is 39.8 Å². The molecule has 0 aliphatic rings. The van der Waals surface area contributed by atoms with Crippen molar-refractivity contribution < 1.29 is 0 Å². The Labute approximate surface area is 185 Å². The van der Waals surface area contributed by atoms with Crippen molar-refractivity contribution in [2.75, 3.05) is 5.32 Å². The smallest absolute Gasteiger partial charge is 0.155 e. The molecule has 158 valence electrons. The molecule has 4 heterocycles. The number of anilines is 1. The van der Waals surface area contributed by atoms with Crippen molar-refractivity contribution in [1.82, 2.24) is 34.3 Å². The Kier molecular flexibility index (Phi) is 5.73. The molecule has 31 heavy (non-hydrogen) atoms. The number of hydrogen-bond donors (Lipinski definition) is 2. The Morgan fingerprint density at radius 3 is 2.68 bits per heavy atom. The number of aromatic nitrogens is 7. The van der Waals surface area contributed by atoms with Crippen LogP contribution in [0.5, 0.6) is 0 Å². The van der Waals surface area contributed by atoms with Gasteiger partial charge < -0.3 is 10.3 Å². The maximum absolute atomic E-state index is 4.87. The number of nitrogens with one attached hydrogen (secondary N) is 2. The normalized spacial score (nSPS) is 11.1. The molecule has 0 saturated carbocycles. The van der Waals surface area contributed by atoms with E-state index >= 15 is 0 Å². The fraction of sp³-hybridized carbons (Fsp3) is 0.182. The van der Waals surface area contributed by atoms with Crippen LogP contribution in [0.1, 0.15) is 25.7 Å². The first kappa shape index (κ1) is 20.6. The van der Waals surface area contributed by atoms with Gasteiger partial charge in [0.1, 0.15) is 23.5 Å². The molecule has 2 N–H and O–H groups in total. The Bertz CT molecular complexity index is 1290. The van der Waals surface area contributed by atoms with Crippen LogP contribution in [-0.4, -0.2) is 34.3 Å². The number of halogens is 1. The summed E-state index contributed by atoms with van der Waals surface area (Å²) in [4.78, 5) is 12.6. The summed E-state index contributed by atoms with van der Waals surface area (Å²) in [6, 6.07) is 16.3. The molecule has 8 nitrogen and oxygen atoms in total. The second-order valence-electron chi connectivity index (χ2n) is 7.38. The molecule has 0 atom stereocenters. The van der Waals surface area contributed by atoms with Gasteiger partial charge in [-0.1, -0.05) is 18.2 Å². The number of para-hydroxylation sites is 1. The summed E-state index contributed by atoms with van der Waals surface area (Å²) in [6.45, 7) is 4.79. The Morgan fingerprint density at radius 2 is 1.90 bits per heavy atom. The van der Waals surface area contributed by atoms with Gasteiger partial charge in [-0.15, -0.1) is 12.4 Å². The highest BCUT2D eigenvalue weighted by atomic mass is 35.5. The van der Waals surface area contributed by atoms with Crippen LogP contribution in [0.2, 0.25) is 0 Å². The summed E-state index contributed by atoms with van der Waals surface area (Å²) in [7, 11) is 0. The van der Waals surface area contributed by atoms with Gasteiger partial charge in [-0.25, -0.2) is 14.5 Å². The largest absolute Gasteiger partial charge is 0.378 e. The lowest BCUT2D eigenvalue weighted by molar-refractivity contribution is 0.534. The third-order valence-corrected chi connectivity index (χ3v) is 4.93. The number of hydrogen-bond acceptors (Lipinski definition) is 5. The highest BCUT2D eigenvalue weighted by molar-refractivity contribution is 5.85. The van der Waals surface area contributed by atoms with Crippen molar-refractivity contribution in [2.24, 2.45) is 0 Å². The van der Waals surface area contributed by atoms with Crippen LogP contribution in [0.15, 0.2) is 67.3 Å². The van der Waals surface area contributed by atoms with E-state index in [2.05, 4.69) is 34.2 Å². The van der Waals surface area contributed by atoms with Crippen molar-refractivity contribution in [1.29, 1.82) is 0 Å². The molecule has 0 aliphatic carbocycles. The molecular formula is C22H23ClN8. The highest BCUT2D eigenvalue weighted by Gasteiger charge is 2.17. The van der Waals surface area contributed by atoms with Crippen LogP contribution < -0.4 is 5.32 Å². The number of H-pyrrole nitrogens is 1. The number of rotatable bonds is 6. The zero-order valence-electron chi connectivity index (χ0n) is 17.2. The molecule has 0 amide bonds. The van der Waals surface area contributed by atoms with Crippen LogP contribution >= 0.6 is 12.4 Å². The Hall–Kier alpha value is -3.65. The maximum atomic E-state index is 4.87. The first-order valence-corrected chi connectivity index (χ1v) is 9.90. The number of fused-ring (bicyclic) bond motifs is 1. The first-order valence-electron chi connectivity index (χ1n) is 9.90. The van der Waals surface area contributed by atoms with Crippen molar-refractivity contribution in [3.05, 3.63) is 73.1 Å². The zero-order chi connectivity index (χ0) is 20.5. The van der Waals surface area contributed by atoms with Gasteiger partial charge in [0.2, 0.25) is 0 Å². The topological polar surface area (TPSA) is 88.7 Å². The fourth-order valence-corrected chi connectivity index (χ4v) is 3.36. The first-order chi connectivity index (χ1) is 14.7. The molecule has 0 fully saturated rings. The average Bonchev–Trinajstić information content (AvgIpc) is 3.51. The molecule has 1 aromatic carbocycles. The molecule has 0 bridgehead atoms. The molecule has 0 unspecified atom stereocenters. The molecular weight excluding hydrogens is 412 g/mol. The van der Waals surface area contributed by atoms with E-state index in [0.29, 0.717) is 6.54 Å². The quantitative estimate of drug-likeness (QED) is 0.407. The lowest BCUT2D eigenvalue weighted by atomic mass is 10.1. The van der Waals surface area contributed by atoms with Crippen LogP contribution in [0.4, 0.5) is 5.69 Å². The lowest BCUT2D eigenvalue weighted by Gasteiger charge is -2.04. The number of nitrogens with zero attached hydrogens (tertiary/aromatic N) is 6. The third kappa shape index (κ3) is 4.15. The minimum absolute atomic E-state index is 0.